The minimum atomic E-state index is -0.438. The fourth-order valence-electron chi connectivity index (χ4n) is 1.76. The van der Waals surface area contributed by atoms with Crippen molar-refractivity contribution in [2.45, 2.75) is 13.3 Å². The molecule has 0 saturated carbocycles. The van der Waals surface area contributed by atoms with E-state index in [1.807, 2.05) is 12.1 Å². The van der Waals surface area contributed by atoms with Crippen molar-refractivity contribution in [1.82, 2.24) is 0 Å². The van der Waals surface area contributed by atoms with Crippen LogP contribution in [-0.4, -0.2) is 18.5 Å². The van der Waals surface area contributed by atoms with E-state index < -0.39 is 5.97 Å². The Kier molecular flexibility index (Phi) is 5.36. The van der Waals surface area contributed by atoms with Gasteiger partial charge in [0.25, 0.3) is 0 Å². The number of anilines is 1. The van der Waals surface area contributed by atoms with Crippen molar-refractivity contribution in [2.24, 2.45) is 0 Å². The molecule has 1 heterocycles. The monoisotopic (exact) mass is 323 g/mol. The Morgan fingerprint density at radius 1 is 1.29 bits per heavy atom. The van der Waals surface area contributed by atoms with E-state index in [-0.39, 0.29) is 12.3 Å². The summed E-state index contributed by atoms with van der Waals surface area (Å²) in [4.78, 5) is 23.8. The van der Waals surface area contributed by atoms with Crippen LogP contribution in [-0.2, 0) is 16.0 Å². The molecule has 2 aromatic rings. The third kappa shape index (κ3) is 4.06. The SMILES string of the molecule is CCOC(=O)c1ccsc1NC(=O)Cc1ccccc1Cl. The maximum absolute atomic E-state index is 12.0. The second-order valence-corrected chi connectivity index (χ2v) is 5.52. The molecule has 1 aromatic carbocycles. The van der Waals surface area contributed by atoms with Crippen LogP contribution in [0.15, 0.2) is 35.7 Å². The Balaban J connectivity index is 2.05. The first-order valence-corrected chi connectivity index (χ1v) is 7.65. The summed E-state index contributed by atoms with van der Waals surface area (Å²) >= 11 is 7.30. The largest absolute Gasteiger partial charge is 0.462 e. The van der Waals surface area contributed by atoms with E-state index in [1.165, 1.54) is 11.3 Å². The molecule has 0 aliphatic rings. The van der Waals surface area contributed by atoms with Crippen LogP contribution in [0.2, 0.25) is 5.02 Å². The van der Waals surface area contributed by atoms with Crippen LogP contribution in [0.3, 0.4) is 0 Å². The number of thiophene rings is 1. The lowest BCUT2D eigenvalue weighted by atomic mass is 10.1. The molecule has 110 valence electrons. The highest BCUT2D eigenvalue weighted by molar-refractivity contribution is 7.14. The number of amides is 1. The molecular weight excluding hydrogens is 310 g/mol. The lowest BCUT2D eigenvalue weighted by Gasteiger charge is -2.07. The van der Waals surface area contributed by atoms with Gasteiger partial charge in [-0.25, -0.2) is 4.79 Å². The van der Waals surface area contributed by atoms with Gasteiger partial charge < -0.3 is 10.1 Å². The van der Waals surface area contributed by atoms with E-state index in [9.17, 15) is 9.59 Å². The van der Waals surface area contributed by atoms with Crippen molar-refractivity contribution in [3.8, 4) is 0 Å². The standard InChI is InChI=1S/C15H14ClNO3S/c1-2-20-15(19)11-7-8-21-14(11)17-13(18)9-10-5-3-4-6-12(10)16/h3-8H,2,9H2,1H3,(H,17,18). The van der Waals surface area contributed by atoms with Crippen molar-refractivity contribution < 1.29 is 14.3 Å². The zero-order valence-electron chi connectivity index (χ0n) is 11.4. The third-order valence-corrected chi connectivity index (χ3v) is 3.92. The maximum Gasteiger partial charge on any atom is 0.341 e. The molecule has 6 heteroatoms. The second-order valence-electron chi connectivity index (χ2n) is 4.20. The number of ether oxygens (including phenoxy) is 1. The number of benzene rings is 1. The molecule has 1 aromatic heterocycles. The van der Waals surface area contributed by atoms with Crippen molar-refractivity contribution in [3.63, 3.8) is 0 Å². The Labute approximate surface area is 131 Å². The highest BCUT2D eigenvalue weighted by atomic mass is 35.5. The highest BCUT2D eigenvalue weighted by Crippen LogP contribution is 2.24. The second kappa shape index (κ2) is 7.24. The number of hydrogen-bond acceptors (Lipinski definition) is 4. The van der Waals surface area contributed by atoms with Gasteiger partial charge in [-0.2, -0.15) is 0 Å². The van der Waals surface area contributed by atoms with Crippen LogP contribution in [0.25, 0.3) is 0 Å². The van der Waals surface area contributed by atoms with Crippen LogP contribution >= 0.6 is 22.9 Å². The lowest BCUT2D eigenvalue weighted by Crippen LogP contribution is -2.16. The van der Waals surface area contributed by atoms with Gasteiger partial charge in [-0.05, 0) is 30.0 Å². The minimum Gasteiger partial charge on any atom is -0.462 e. The van der Waals surface area contributed by atoms with Crippen LogP contribution in [0.1, 0.15) is 22.8 Å². The lowest BCUT2D eigenvalue weighted by molar-refractivity contribution is -0.115. The molecule has 0 aliphatic heterocycles. The zero-order chi connectivity index (χ0) is 15.2. The third-order valence-electron chi connectivity index (χ3n) is 2.72. The summed E-state index contributed by atoms with van der Waals surface area (Å²) in [6.45, 7) is 2.03. The van der Waals surface area contributed by atoms with E-state index in [2.05, 4.69) is 5.32 Å². The first-order chi connectivity index (χ1) is 10.1. The summed E-state index contributed by atoms with van der Waals surface area (Å²) in [5.74, 6) is -0.664. The molecule has 0 saturated heterocycles. The van der Waals surface area contributed by atoms with E-state index in [0.717, 1.165) is 5.56 Å². The normalized spacial score (nSPS) is 10.2. The average Bonchev–Trinajstić information content (AvgIpc) is 2.90. The summed E-state index contributed by atoms with van der Waals surface area (Å²) < 4.78 is 4.94. The van der Waals surface area contributed by atoms with Gasteiger partial charge in [0.1, 0.15) is 5.00 Å². The van der Waals surface area contributed by atoms with Crippen molar-refractivity contribution >= 4 is 39.8 Å². The molecule has 0 fully saturated rings. The number of carbonyl (C=O) groups is 2. The minimum absolute atomic E-state index is 0.153. The van der Waals surface area contributed by atoms with Gasteiger partial charge in [0.15, 0.2) is 0 Å². The van der Waals surface area contributed by atoms with Crippen LogP contribution < -0.4 is 5.32 Å². The molecule has 0 bridgehead atoms. The van der Waals surface area contributed by atoms with Gasteiger partial charge in [0, 0.05) is 5.02 Å². The van der Waals surface area contributed by atoms with Crippen LogP contribution in [0, 0.1) is 0 Å². The van der Waals surface area contributed by atoms with Gasteiger partial charge in [0.05, 0.1) is 18.6 Å². The maximum atomic E-state index is 12.0. The first kappa shape index (κ1) is 15.5. The Morgan fingerprint density at radius 3 is 2.76 bits per heavy atom. The van der Waals surface area contributed by atoms with Crippen LogP contribution in [0.5, 0.6) is 0 Å². The van der Waals surface area contributed by atoms with Gasteiger partial charge in [-0.3, -0.25) is 4.79 Å². The molecule has 1 amide bonds. The number of hydrogen-bond donors (Lipinski definition) is 1. The number of carbonyl (C=O) groups excluding carboxylic acids is 2. The van der Waals surface area contributed by atoms with Crippen molar-refractivity contribution in [3.05, 3.63) is 51.9 Å². The fraction of sp³-hybridized carbons (Fsp3) is 0.200. The van der Waals surface area contributed by atoms with Gasteiger partial charge >= 0.3 is 5.97 Å². The molecule has 0 aliphatic carbocycles. The van der Waals surface area contributed by atoms with Gasteiger partial charge in [-0.1, -0.05) is 29.8 Å². The quantitative estimate of drug-likeness (QED) is 0.852. The van der Waals surface area contributed by atoms with Crippen LogP contribution in [0.4, 0.5) is 5.00 Å². The van der Waals surface area contributed by atoms with Crippen molar-refractivity contribution in [2.75, 3.05) is 11.9 Å². The summed E-state index contributed by atoms with van der Waals surface area (Å²) in [6.07, 6.45) is 0.153. The first-order valence-electron chi connectivity index (χ1n) is 6.39. The topological polar surface area (TPSA) is 55.4 Å². The van der Waals surface area contributed by atoms with E-state index in [0.29, 0.717) is 22.2 Å². The zero-order valence-corrected chi connectivity index (χ0v) is 13.0. The van der Waals surface area contributed by atoms with Gasteiger partial charge in [-0.15, -0.1) is 11.3 Å². The molecule has 0 spiro atoms. The highest BCUT2D eigenvalue weighted by Gasteiger charge is 2.16. The van der Waals surface area contributed by atoms with Crippen molar-refractivity contribution in [1.29, 1.82) is 0 Å². The predicted molar refractivity (Wildman–Crippen MR) is 84.1 cm³/mol. The van der Waals surface area contributed by atoms with Gasteiger partial charge in [0.2, 0.25) is 5.91 Å². The fourth-order valence-corrected chi connectivity index (χ4v) is 2.76. The molecule has 0 atom stereocenters. The van der Waals surface area contributed by atoms with E-state index in [1.54, 1.807) is 30.5 Å². The number of halogens is 1. The molecule has 0 radical (unpaired) electrons. The number of rotatable bonds is 5. The Bertz CT molecular complexity index is 654. The molecular formula is C15H14ClNO3S. The molecule has 4 nitrogen and oxygen atoms in total. The summed E-state index contributed by atoms with van der Waals surface area (Å²) in [7, 11) is 0. The molecule has 0 unspecified atom stereocenters. The Hall–Kier alpha value is -1.85. The number of esters is 1. The summed E-state index contributed by atoms with van der Waals surface area (Å²) in [5.41, 5.74) is 1.11. The Morgan fingerprint density at radius 2 is 2.05 bits per heavy atom. The predicted octanol–water partition coefficient (Wildman–Crippen LogP) is 3.76. The van der Waals surface area contributed by atoms with E-state index >= 15 is 0 Å². The average molecular weight is 324 g/mol. The summed E-state index contributed by atoms with van der Waals surface area (Å²) in [5, 5.41) is 5.50. The molecule has 1 N–H and O–H groups in total. The van der Waals surface area contributed by atoms with E-state index in [4.69, 9.17) is 16.3 Å². The summed E-state index contributed by atoms with van der Waals surface area (Å²) in [6, 6.07) is 8.79. The molecule has 21 heavy (non-hydrogen) atoms. The molecule has 2 rings (SSSR count). The number of nitrogens with one attached hydrogen (secondary N) is 1. The smallest absolute Gasteiger partial charge is 0.341 e.